The SMILES string of the molecule is CC(C)Cn1nc(-c2ccccc2)c([N+](=O)[O-])c1Cl. The maximum Gasteiger partial charge on any atom is 0.333 e. The average molecular weight is 280 g/mol. The summed E-state index contributed by atoms with van der Waals surface area (Å²) in [5, 5.41) is 15.5. The number of hydrogen-bond donors (Lipinski definition) is 0. The molecule has 0 amide bonds. The Labute approximate surface area is 116 Å². The molecule has 0 aliphatic carbocycles. The molecule has 0 fully saturated rings. The monoisotopic (exact) mass is 279 g/mol. The molecule has 19 heavy (non-hydrogen) atoms. The minimum absolute atomic E-state index is 0.0811. The summed E-state index contributed by atoms with van der Waals surface area (Å²) in [5.41, 5.74) is 0.878. The normalized spacial score (nSPS) is 10.9. The Morgan fingerprint density at radius 2 is 2.00 bits per heavy atom. The van der Waals surface area contributed by atoms with E-state index in [0.29, 0.717) is 23.7 Å². The summed E-state index contributed by atoms with van der Waals surface area (Å²) >= 11 is 6.08. The van der Waals surface area contributed by atoms with E-state index in [1.807, 2.05) is 32.0 Å². The molecule has 0 aliphatic heterocycles. The largest absolute Gasteiger partial charge is 0.333 e. The molecule has 1 heterocycles. The molecule has 6 heteroatoms. The Kier molecular flexibility index (Phi) is 3.85. The first-order chi connectivity index (χ1) is 9.00. The van der Waals surface area contributed by atoms with Gasteiger partial charge >= 0.3 is 5.69 Å². The van der Waals surface area contributed by atoms with Gasteiger partial charge in [-0.15, -0.1) is 0 Å². The summed E-state index contributed by atoms with van der Waals surface area (Å²) in [5.74, 6) is 0.306. The van der Waals surface area contributed by atoms with Gasteiger partial charge in [-0.05, 0) is 5.92 Å². The van der Waals surface area contributed by atoms with Gasteiger partial charge < -0.3 is 0 Å². The topological polar surface area (TPSA) is 61.0 Å². The quantitative estimate of drug-likeness (QED) is 0.632. The zero-order valence-corrected chi connectivity index (χ0v) is 11.5. The van der Waals surface area contributed by atoms with Crippen LogP contribution in [0.15, 0.2) is 30.3 Å². The summed E-state index contributed by atoms with van der Waals surface area (Å²) in [6.07, 6.45) is 0. The molecule has 100 valence electrons. The van der Waals surface area contributed by atoms with Crippen LogP contribution in [0.3, 0.4) is 0 Å². The van der Waals surface area contributed by atoms with Gasteiger partial charge in [-0.1, -0.05) is 55.8 Å². The van der Waals surface area contributed by atoms with Gasteiger partial charge in [-0.2, -0.15) is 5.10 Å². The second-order valence-corrected chi connectivity index (χ2v) is 5.05. The number of nitrogens with zero attached hydrogens (tertiary/aromatic N) is 3. The van der Waals surface area contributed by atoms with Gasteiger partial charge in [0, 0.05) is 12.1 Å². The van der Waals surface area contributed by atoms with E-state index in [4.69, 9.17) is 11.6 Å². The van der Waals surface area contributed by atoms with Gasteiger partial charge in [0.15, 0.2) is 5.69 Å². The molecule has 0 radical (unpaired) electrons. The average Bonchev–Trinajstić information content (AvgIpc) is 2.67. The van der Waals surface area contributed by atoms with Crippen molar-refractivity contribution in [1.82, 2.24) is 9.78 Å². The molecule has 1 aromatic heterocycles. The highest BCUT2D eigenvalue weighted by atomic mass is 35.5. The Morgan fingerprint density at radius 3 is 2.53 bits per heavy atom. The highest BCUT2D eigenvalue weighted by Crippen LogP contribution is 2.35. The molecule has 2 aromatic rings. The lowest BCUT2D eigenvalue weighted by Gasteiger charge is -2.04. The van der Waals surface area contributed by atoms with E-state index in [2.05, 4.69) is 5.10 Å². The Morgan fingerprint density at radius 1 is 1.37 bits per heavy atom. The van der Waals surface area contributed by atoms with Crippen LogP contribution in [-0.2, 0) is 6.54 Å². The number of nitro groups is 1. The lowest BCUT2D eigenvalue weighted by molar-refractivity contribution is -0.384. The minimum Gasteiger partial charge on any atom is -0.258 e. The van der Waals surface area contributed by atoms with Gasteiger partial charge in [0.25, 0.3) is 0 Å². The van der Waals surface area contributed by atoms with Crippen molar-refractivity contribution in [1.29, 1.82) is 0 Å². The Bertz CT molecular complexity index is 593. The predicted octanol–water partition coefficient (Wildman–Crippen LogP) is 3.77. The maximum atomic E-state index is 11.2. The second-order valence-electron chi connectivity index (χ2n) is 4.69. The van der Waals surface area contributed by atoms with Crippen molar-refractivity contribution in [3.8, 4) is 11.3 Å². The van der Waals surface area contributed by atoms with E-state index in [-0.39, 0.29) is 10.8 Å². The minimum atomic E-state index is -0.478. The molecular formula is C13H14ClN3O2. The highest BCUT2D eigenvalue weighted by Gasteiger charge is 2.27. The summed E-state index contributed by atoms with van der Waals surface area (Å²) < 4.78 is 1.49. The Balaban J connectivity index is 2.57. The van der Waals surface area contributed by atoms with Crippen LogP contribution in [0, 0.1) is 16.0 Å². The van der Waals surface area contributed by atoms with Crippen LogP contribution in [0.4, 0.5) is 5.69 Å². The third kappa shape index (κ3) is 2.76. The van der Waals surface area contributed by atoms with E-state index in [1.165, 1.54) is 4.68 Å². The van der Waals surface area contributed by atoms with Crippen LogP contribution in [-0.4, -0.2) is 14.7 Å². The smallest absolute Gasteiger partial charge is 0.258 e. The molecule has 5 nitrogen and oxygen atoms in total. The molecule has 1 aromatic carbocycles. The molecule has 0 bridgehead atoms. The van der Waals surface area contributed by atoms with E-state index < -0.39 is 4.92 Å². The van der Waals surface area contributed by atoms with E-state index in [1.54, 1.807) is 12.1 Å². The van der Waals surface area contributed by atoms with Crippen LogP contribution in [0.1, 0.15) is 13.8 Å². The summed E-state index contributed by atoms with van der Waals surface area (Å²) in [6.45, 7) is 4.56. The molecular weight excluding hydrogens is 266 g/mol. The van der Waals surface area contributed by atoms with Gasteiger partial charge in [0.2, 0.25) is 5.15 Å². The summed E-state index contributed by atoms with van der Waals surface area (Å²) in [6, 6.07) is 9.04. The number of halogens is 1. The first kappa shape index (κ1) is 13.5. The molecule has 0 saturated heterocycles. The standard InChI is InChI=1S/C13H14ClN3O2/c1-9(2)8-16-13(14)12(17(18)19)11(15-16)10-6-4-3-5-7-10/h3-7,9H,8H2,1-2H3. The zero-order chi connectivity index (χ0) is 14.0. The lowest BCUT2D eigenvalue weighted by atomic mass is 10.1. The fourth-order valence-corrected chi connectivity index (χ4v) is 2.12. The third-order valence-corrected chi connectivity index (χ3v) is 3.01. The molecule has 0 aliphatic rings. The molecule has 0 atom stereocenters. The Hall–Kier alpha value is -1.88. The highest BCUT2D eigenvalue weighted by molar-refractivity contribution is 6.32. The third-order valence-electron chi connectivity index (χ3n) is 2.63. The summed E-state index contributed by atoms with van der Waals surface area (Å²) in [4.78, 5) is 10.7. The van der Waals surface area contributed by atoms with Gasteiger partial charge in [-0.3, -0.25) is 10.1 Å². The van der Waals surface area contributed by atoms with Crippen molar-refractivity contribution in [2.75, 3.05) is 0 Å². The fourth-order valence-electron chi connectivity index (χ4n) is 1.85. The van der Waals surface area contributed by atoms with Crippen molar-refractivity contribution in [2.24, 2.45) is 5.92 Å². The van der Waals surface area contributed by atoms with Gasteiger partial charge in [0.1, 0.15) is 0 Å². The first-order valence-electron chi connectivity index (χ1n) is 5.96. The number of rotatable bonds is 4. The van der Waals surface area contributed by atoms with Crippen LogP contribution in [0.25, 0.3) is 11.3 Å². The molecule has 0 spiro atoms. The van der Waals surface area contributed by atoms with E-state index in [9.17, 15) is 10.1 Å². The maximum absolute atomic E-state index is 11.2. The second kappa shape index (κ2) is 5.40. The fraction of sp³-hybridized carbons (Fsp3) is 0.308. The summed E-state index contributed by atoms with van der Waals surface area (Å²) in [7, 11) is 0. The van der Waals surface area contributed by atoms with Crippen molar-refractivity contribution in [2.45, 2.75) is 20.4 Å². The van der Waals surface area contributed by atoms with Gasteiger partial charge in [-0.25, -0.2) is 4.68 Å². The van der Waals surface area contributed by atoms with Crippen molar-refractivity contribution in [3.63, 3.8) is 0 Å². The molecule has 0 unspecified atom stereocenters. The molecule has 0 saturated carbocycles. The van der Waals surface area contributed by atoms with Crippen LogP contribution >= 0.6 is 11.6 Å². The van der Waals surface area contributed by atoms with Crippen LogP contribution in [0.2, 0.25) is 5.15 Å². The number of benzene rings is 1. The van der Waals surface area contributed by atoms with Gasteiger partial charge in [0.05, 0.1) is 4.92 Å². The van der Waals surface area contributed by atoms with Crippen LogP contribution < -0.4 is 0 Å². The molecule has 2 rings (SSSR count). The molecule has 0 N–H and O–H groups in total. The first-order valence-corrected chi connectivity index (χ1v) is 6.34. The van der Waals surface area contributed by atoms with Crippen molar-refractivity contribution in [3.05, 3.63) is 45.6 Å². The lowest BCUT2D eigenvalue weighted by Crippen LogP contribution is -2.06. The van der Waals surface area contributed by atoms with Crippen molar-refractivity contribution < 1.29 is 4.92 Å². The van der Waals surface area contributed by atoms with Crippen molar-refractivity contribution >= 4 is 17.3 Å². The predicted molar refractivity (Wildman–Crippen MR) is 74.2 cm³/mol. The van der Waals surface area contributed by atoms with Crippen LogP contribution in [0.5, 0.6) is 0 Å². The zero-order valence-electron chi connectivity index (χ0n) is 10.7. The number of aromatic nitrogens is 2. The number of hydrogen-bond acceptors (Lipinski definition) is 3. The van der Waals surface area contributed by atoms with E-state index >= 15 is 0 Å². The van der Waals surface area contributed by atoms with E-state index in [0.717, 1.165) is 0 Å².